The molecule has 1 amide bonds. The van der Waals surface area contributed by atoms with Crippen LogP contribution in [0.1, 0.15) is 23.6 Å². The van der Waals surface area contributed by atoms with Crippen LogP contribution < -0.4 is 15.4 Å². The van der Waals surface area contributed by atoms with Crippen molar-refractivity contribution in [2.75, 3.05) is 5.32 Å². The molecule has 1 atom stereocenters. The fourth-order valence-corrected chi connectivity index (χ4v) is 6.38. The number of nitrogens with one attached hydrogen (secondary N) is 2. The number of aryl methyl sites for hydroxylation is 1. The van der Waals surface area contributed by atoms with Crippen LogP contribution in [0.5, 0.6) is 5.75 Å². The monoisotopic (exact) mass is 686 g/mol. The number of hydrogen-bond acceptors (Lipinski definition) is 4. The number of halogens is 3. The Balaban J connectivity index is 1.44. The minimum Gasteiger partial charge on any atom is -0.487 e. The lowest BCUT2D eigenvalue weighted by atomic mass is 10.1. The van der Waals surface area contributed by atoms with Crippen LogP contribution in [0, 0.1) is 13.0 Å². The maximum absolute atomic E-state index is 13.9. The number of anilines is 1. The molecule has 1 heterocycles. The second-order valence-corrected chi connectivity index (χ2v) is 10.8. The molecule has 1 fully saturated rings. The Morgan fingerprint density at radius 3 is 2.48 bits per heavy atom. The lowest BCUT2D eigenvalue weighted by Crippen LogP contribution is -2.30. The second-order valence-electron chi connectivity index (χ2n) is 7.37. The molecule has 0 unspecified atom stereocenters. The molecule has 0 bridgehead atoms. The van der Waals surface area contributed by atoms with Crippen molar-refractivity contribution in [3.05, 3.63) is 95.2 Å². The van der Waals surface area contributed by atoms with Crippen LogP contribution >= 0.6 is 56.9 Å². The van der Waals surface area contributed by atoms with Gasteiger partial charge in [0.15, 0.2) is 5.50 Å². The number of hydrogen-bond donors (Lipinski definition) is 2. The third-order valence-corrected chi connectivity index (χ3v) is 7.67. The standard InChI is InChI=1S/C25H21FI2N2O2S/c1-2-15-7-9-18(10-8-15)29-25-30-24(31)22(33-25)13-16-11-20(27)23(21(28)12-16)32-14-17-5-3-4-6-19(17)26/h3-13,25,29H,2,14H2,1H3,(H,30,31)/b22-13-/t25-/m1/s1. The Hall–Kier alpha value is -1.79. The van der Waals surface area contributed by atoms with Gasteiger partial charge in [0.1, 0.15) is 18.2 Å². The Morgan fingerprint density at radius 1 is 1.12 bits per heavy atom. The van der Waals surface area contributed by atoms with E-state index in [1.165, 1.54) is 23.4 Å². The quantitative estimate of drug-likeness (QED) is 0.213. The van der Waals surface area contributed by atoms with Gasteiger partial charge in [0.25, 0.3) is 5.91 Å². The molecule has 1 saturated heterocycles. The van der Waals surface area contributed by atoms with Crippen molar-refractivity contribution in [3.8, 4) is 5.75 Å². The lowest BCUT2D eigenvalue weighted by Gasteiger charge is -2.13. The second kappa shape index (κ2) is 11.1. The fraction of sp³-hybridized carbons (Fsp3) is 0.160. The molecule has 0 aliphatic carbocycles. The zero-order chi connectivity index (χ0) is 23.4. The van der Waals surface area contributed by atoms with E-state index in [1.807, 2.05) is 30.3 Å². The number of rotatable bonds is 7. The highest BCUT2D eigenvalue weighted by Crippen LogP contribution is 2.34. The normalized spacial score (nSPS) is 16.7. The van der Waals surface area contributed by atoms with Crippen molar-refractivity contribution in [2.45, 2.75) is 25.4 Å². The van der Waals surface area contributed by atoms with Crippen LogP contribution in [0.4, 0.5) is 10.1 Å². The summed E-state index contributed by atoms with van der Waals surface area (Å²) < 4.78 is 21.6. The van der Waals surface area contributed by atoms with Gasteiger partial charge in [-0.1, -0.05) is 49.0 Å². The van der Waals surface area contributed by atoms with Crippen molar-refractivity contribution >= 4 is 74.6 Å². The van der Waals surface area contributed by atoms with Crippen LogP contribution in [0.25, 0.3) is 6.08 Å². The van der Waals surface area contributed by atoms with E-state index in [4.69, 9.17) is 4.74 Å². The summed E-state index contributed by atoms with van der Waals surface area (Å²) in [6, 6.07) is 18.7. The summed E-state index contributed by atoms with van der Waals surface area (Å²) in [5.41, 5.74) is 3.43. The summed E-state index contributed by atoms with van der Waals surface area (Å²) >= 11 is 5.87. The summed E-state index contributed by atoms with van der Waals surface area (Å²) in [4.78, 5) is 13.1. The van der Waals surface area contributed by atoms with Crippen LogP contribution in [-0.2, 0) is 17.8 Å². The van der Waals surface area contributed by atoms with Crippen LogP contribution in [0.15, 0.2) is 65.6 Å². The SMILES string of the molecule is CCc1ccc(N[C@@H]2NC(=O)/C(=C/c3cc(I)c(OCc4ccccc4F)c(I)c3)S2)cc1. The summed E-state index contributed by atoms with van der Waals surface area (Å²) in [5.74, 6) is 0.324. The molecule has 0 aromatic heterocycles. The van der Waals surface area contributed by atoms with Gasteiger partial charge in [0.2, 0.25) is 0 Å². The minimum atomic E-state index is -0.280. The van der Waals surface area contributed by atoms with Gasteiger partial charge in [-0.05, 0) is 99.1 Å². The molecule has 1 aliphatic rings. The Bertz CT molecular complexity index is 1180. The fourth-order valence-electron chi connectivity index (χ4n) is 3.27. The number of thioether (sulfide) groups is 1. The van der Waals surface area contributed by atoms with Crippen molar-refractivity contribution < 1.29 is 13.9 Å². The topological polar surface area (TPSA) is 50.4 Å². The summed E-state index contributed by atoms with van der Waals surface area (Å²) in [5, 5.41) is 6.31. The largest absolute Gasteiger partial charge is 0.487 e. The molecule has 3 aromatic carbocycles. The van der Waals surface area contributed by atoms with E-state index in [0.717, 1.165) is 24.8 Å². The molecule has 33 heavy (non-hydrogen) atoms. The highest BCUT2D eigenvalue weighted by atomic mass is 127. The molecule has 2 N–H and O–H groups in total. The van der Waals surface area contributed by atoms with E-state index in [9.17, 15) is 9.18 Å². The van der Waals surface area contributed by atoms with Gasteiger partial charge in [-0.2, -0.15) is 0 Å². The zero-order valence-electron chi connectivity index (χ0n) is 17.7. The van der Waals surface area contributed by atoms with Gasteiger partial charge in [-0.3, -0.25) is 4.79 Å². The average Bonchev–Trinajstić information content (AvgIpc) is 3.13. The summed E-state index contributed by atoms with van der Waals surface area (Å²) in [6.45, 7) is 2.28. The summed E-state index contributed by atoms with van der Waals surface area (Å²) in [6.07, 6.45) is 2.87. The van der Waals surface area contributed by atoms with Gasteiger partial charge in [0, 0.05) is 11.3 Å². The number of ether oxygens (including phenoxy) is 1. The molecule has 0 spiro atoms. The first-order chi connectivity index (χ1) is 15.9. The predicted octanol–water partition coefficient (Wildman–Crippen LogP) is 6.78. The van der Waals surface area contributed by atoms with E-state index in [2.05, 4.69) is 74.9 Å². The number of amides is 1. The highest BCUT2D eigenvalue weighted by molar-refractivity contribution is 14.1. The summed E-state index contributed by atoms with van der Waals surface area (Å²) in [7, 11) is 0. The zero-order valence-corrected chi connectivity index (χ0v) is 22.8. The van der Waals surface area contributed by atoms with Gasteiger partial charge >= 0.3 is 0 Å². The van der Waals surface area contributed by atoms with Gasteiger partial charge in [0.05, 0.1) is 12.0 Å². The molecular weight excluding hydrogens is 665 g/mol. The average molecular weight is 686 g/mol. The smallest absolute Gasteiger partial charge is 0.260 e. The van der Waals surface area contributed by atoms with Crippen molar-refractivity contribution in [3.63, 3.8) is 0 Å². The first kappa shape index (κ1) is 24.3. The highest BCUT2D eigenvalue weighted by Gasteiger charge is 2.27. The number of benzene rings is 3. The van der Waals surface area contributed by atoms with Gasteiger partial charge in [-0.25, -0.2) is 4.39 Å². The van der Waals surface area contributed by atoms with Crippen LogP contribution in [-0.4, -0.2) is 11.4 Å². The molecule has 8 heteroatoms. The Labute approximate surface area is 224 Å². The number of carbonyl (C=O) groups excluding carboxylic acids is 1. The molecular formula is C25H21FI2N2O2S. The van der Waals surface area contributed by atoms with Crippen LogP contribution in [0.2, 0.25) is 0 Å². The van der Waals surface area contributed by atoms with E-state index >= 15 is 0 Å². The Kier molecular flexibility index (Phi) is 8.18. The van der Waals surface area contributed by atoms with E-state index in [-0.39, 0.29) is 23.8 Å². The number of carbonyl (C=O) groups is 1. The molecule has 0 saturated carbocycles. The van der Waals surface area contributed by atoms with Crippen molar-refractivity contribution in [2.24, 2.45) is 0 Å². The van der Waals surface area contributed by atoms with E-state index < -0.39 is 0 Å². The molecule has 1 aliphatic heterocycles. The third-order valence-electron chi connectivity index (χ3n) is 5.04. The molecule has 4 rings (SSSR count). The van der Waals surface area contributed by atoms with E-state index in [1.54, 1.807) is 18.2 Å². The van der Waals surface area contributed by atoms with E-state index in [0.29, 0.717) is 16.2 Å². The first-order valence-corrected chi connectivity index (χ1v) is 13.4. The minimum absolute atomic E-state index is 0.104. The van der Waals surface area contributed by atoms with Crippen molar-refractivity contribution in [1.29, 1.82) is 0 Å². The Morgan fingerprint density at radius 2 is 1.82 bits per heavy atom. The lowest BCUT2D eigenvalue weighted by molar-refractivity contribution is -0.116. The first-order valence-electron chi connectivity index (χ1n) is 10.3. The molecule has 170 valence electrons. The van der Waals surface area contributed by atoms with Gasteiger partial charge < -0.3 is 15.4 Å². The molecule has 3 aromatic rings. The van der Waals surface area contributed by atoms with Crippen LogP contribution in [0.3, 0.4) is 0 Å². The predicted molar refractivity (Wildman–Crippen MR) is 150 cm³/mol. The maximum atomic E-state index is 13.9. The van der Waals surface area contributed by atoms with Gasteiger partial charge in [-0.15, -0.1) is 0 Å². The maximum Gasteiger partial charge on any atom is 0.260 e. The van der Waals surface area contributed by atoms with Crippen molar-refractivity contribution in [1.82, 2.24) is 5.32 Å². The molecule has 0 radical (unpaired) electrons. The molecule has 4 nitrogen and oxygen atoms in total. The third kappa shape index (κ3) is 6.21.